The van der Waals surface area contributed by atoms with E-state index in [1.807, 2.05) is 50.2 Å². The van der Waals surface area contributed by atoms with E-state index in [9.17, 15) is 20.4 Å². The maximum absolute atomic E-state index is 9.59. The molecule has 0 saturated heterocycles. The monoisotopic (exact) mass is 932 g/mol. The lowest BCUT2D eigenvalue weighted by atomic mass is 9.67. The number of rotatable bonds is 16. The van der Waals surface area contributed by atoms with E-state index in [1.54, 1.807) is 13.8 Å². The second-order valence-corrected chi connectivity index (χ2v) is 18.2. The third kappa shape index (κ3) is 8.84. The molecule has 8 heteroatoms. The fraction of sp³-hybridized carbons (Fsp3) is 0.226. The van der Waals surface area contributed by atoms with Gasteiger partial charge in [0.05, 0.1) is 36.3 Å². The van der Waals surface area contributed by atoms with Gasteiger partial charge in [0.2, 0.25) is 0 Å². The summed E-state index contributed by atoms with van der Waals surface area (Å²) < 4.78 is 23.0. The van der Waals surface area contributed by atoms with Crippen LogP contribution in [0.2, 0.25) is 0 Å². The van der Waals surface area contributed by atoms with Crippen LogP contribution in [0.4, 0.5) is 0 Å². The van der Waals surface area contributed by atoms with Gasteiger partial charge in [-0.3, -0.25) is 0 Å². The molecule has 0 saturated carbocycles. The van der Waals surface area contributed by atoms with Crippen molar-refractivity contribution in [2.75, 3.05) is 39.6 Å². The first kappa shape index (κ1) is 47.8. The highest BCUT2D eigenvalue weighted by molar-refractivity contribution is 5.87. The summed E-state index contributed by atoms with van der Waals surface area (Å²) in [7, 11) is 0. The van der Waals surface area contributed by atoms with Crippen LogP contribution in [0.5, 0.6) is 23.0 Å². The molecule has 0 fully saturated rings. The first-order valence-corrected chi connectivity index (χ1v) is 24.0. The molecule has 8 aromatic rings. The molecule has 0 radical (unpaired) electrons. The number of aliphatic hydroxyl groups excluding tert-OH is 4. The molecule has 0 aliphatic heterocycles. The molecule has 8 nitrogen and oxygen atoms in total. The summed E-state index contributed by atoms with van der Waals surface area (Å²) in [5.74, 6) is 3.01. The van der Waals surface area contributed by atoms with Crippen LogP contribution in [0.15, 0.2) is 182 Å². The van der Waals surface area contributed by atoms with E-state index in [0.717, 1.165) is 56.4 Å². The van der Waals surface area contributed by atoms with E-state index in [4.69, 9.17) is 18.9 Å². The predicted octanol–water partition coefficient (Wildman–Crippen LogP) is 11.0. The van der Waals surface area contributed by atoms with Crippen LogP contribution in [0.1, 0.15) is 69.5 Å². The summed E-state index contributed by atoms with van der Waals surface area (Å²) in [6.07, 6.45) is -1.05. The molecular weight excluding hydrogens is 873 g/mol. The zero-order chi connectivity index (χ0) is 48.8. The lowest BCUT2D eigenvalue weighted by molar-refractivity contribution is 0.122. The highest BCUT2D eigenvalue weighted by atomic mass is 16.5. The first-order valence-electron chi connectivity index (χ1n) is 24.0. The van der Waals surface area contributed by atoms with Crippen molar-refractivity contribution in [3.8, 4) is 45.3 Å². The molecule has 0 amide bonds. The van der Waals surface area contributed by atoms with Crippen molar-refractivity contribution >= 4 is 0 Å². The van der Waals surface area contributed by atoms with Gasteiger partial charge in [-0.2, -0.15) is 0 Å². The Balaban J connectivity index is 0.000000174. The Morgan fingerprint density at radius 1 is 0.386 bits per heavy atom. The number of ether oxygens (including phenoxy) is 4. The predicted molar refractivity (Wildman–Crippen MR) is 276 cm³/mol. The summed E-state index contributed by atoms with van der Waals surface area (Å²) >= 11 is 0. The summed E-state index contributed by atoms with van der Waals surface area (Å²) in [5.41, 5.74) is 15.5. The summed E-state index contributed by atoms with van der Waals surface area (Å²) in [6.45, 7) is 8.53. The highest BCUT2D eigenvalue weighted by Gasteiger charge is 2.47. The normalized spacial score (nSPS) is 14.2. The smallest absolute Gasteiger partial charge is 0.122 e. The number of aliphatic hydroxyl groups is 4. The van der Waals surface area contributed by atoms with E-state index in [-0.39, 0.29) is 39.6 Å². The fourth-order valence-corrected chi connectivity index (χ4v) is 10.5. The molecule has 0 heterocycles. The summed E-state index contributed by atoms with van der Waals surface area (Å²) in [6, 6.07) is 63.5. The second-order valence-electron chi connectivity index (χ2n) is 18.2. The highest BCUT2D eigenvalue weighted by Crippen LogP contribution is 2.58. The van der Waals surface area contributed by atoms with Crippen LogP contribution >= 0.6 is 0 Å². The lowest BCUT2D eigenvalue weighted by Crippen LogP contribution is -2.29. The van der Waals surface area contributed by atoms with Gasteiger partial charge in [-0.25, -0.2) is 0 Å². The molecule has 0 spiro atoms. The molecule has 4 N–H and O–H groups in total. The van der Waals surface area contributed by atoms with Gasteiger partial charge in [-0.1, -0.05) is 146 Å². The molecule has 10 rings (SSSR count). The van der Waals surface area contributed by atoms with Crippen LogP contribution in [0.3, 0.4) is 0 Å². The molecule has 2 aliphatic carbocycles. The standard InChI is InChI=1S/2C31H30O4/c1-21(32)19-34-25-15-11-23(12-16-25)31(24-13-17-26(18-14-24)35-20-22(2)33)29-9-5-3-7-27(29)28-8-4-6-10-30(28)31;1-21-19-23(11-13-29(21)34-17-15-32)31(24-12-14-30(22(2)20-24)35-18-16-33)27-9-5-3-7-25(27)26-8-4-6-10-28(26)31/h3-18,21-22,32-33H,19-20H2,1-2H3;3-14,19-20,32-33H,15-18H2,1-2H3. The third-order valence-corrected chi connectivity index (χ3v) is 13.4. The minimum absolute atomic E-state index is 0.0180. The van der Waals surface area contributed by atoms with Gasteiger partial charge >= 0.3 is 0 Å². The Bertz CT molecular complexity index is 2860. The Morgan fingerprint density at radius 2 is 0.686 bits per heavy atom. The zero-order valence-corrected chi connectivity index (χ0v) is 40.1. The zero-order valence-electron chi connectivity index (χ0n) is 40.1. The van der Waals surface area contributed by atoms with E-state index < -0.39 is 23.0 Å². The van der Waals surface area contributed by atoms with Gasteiger partial charge in [0.25, 0.3) is 0 Å². The van der Waals surface area contributed by atoms with E-state index >= 15 is 0 Å². The first-order chi connectivity index (χ1) is 34.1. The van der Waals surface area contributed by atoms with Crippen molar-refractivity contribution in [2.24, 2.45) is 0 Å². The molecule has 2 atom stereocenters. The van der Waals surface area contributed by atoms with Crippen LogP contribution in [-0.2, 0) is 10.8 Å². The van der Waals surface area contributed by atoms with Crippen molar-refractivity contribution < 1.29 is 39.4 Å². The maximum atomic E-state index is 9.59. The van der Waals surface area contributed by atoms with Crippen LogP contribution < -0.4 is 18.9 Å². The van der Waals surface area contributed by atoms with Crippen molar-refractivity contribution in [2.45, 2.75) is 50.7 Å². The number of hydrogen-bond donors (Lipinski definition) is 4. The average Bonchev–Trinajstić information content (AvgIpc) is 3.86. The van der Waals surface area contributed by atoms with Crippen molar-refractivity contribution in [1.29, 1.82) is 0 Å². The molecule has 0 bridgehead atoms. The molecule has 2 aliphatic rings. The number of aryl methyl sites for hydroxylation is 2. The summed E-state index contributed by atoms with van der Waals surface area (Å²) in [5, 5.41) is 37.6. The van der Waals surface area contributed by atoms with Gasteiger partial charge in [-0.05, 0) is 142 Å². The molecule has 70 heavy (non-hydrogen) atoms. The average molecular weight is 933 g/mol. The van der Waals surface area contributed by atoms with Crippen LogP contribution in [-0.4, -0.2) is 72.3 Å². The van der Waals surface area contributed by atoms with Gasteiger partial charge in [-0.15, -0.1) is 0 Å². The minimum atomic E-state index is -0.524. The van der Waals surface area contributed by atoms with Crippen molar-refractivity contribution in [3.05, 3.63) is 238 Å². The van der Waals surface area contributed by atoms with Gasteiger partial charge in [0.1, 0.15) is 49.4 Å². The topological polar surface area (TPSA) is 118 Å². The van der Waals surface area contributed by atoms with E-state index in [1.165, 1.54) is 44.5 Å². The Hall–Kier alpha value is -7.20. The third-order valence-electron chi connectivity index (χ3n) is 13.4. The Kier molecular flexibility index (Phi) is 14.2. The van der Waals surface area contributed by atoms with Crippen LogP contribution in [0, 0.1) is 13.8 Å². The second kappa shape index (κ2) is 20.8. The largest absolute Gasteiger partial charge is 0.491 e. The fourth-order valence-electron chi connectivity index (χ4n) is 10.5. The maximum Gasteiger partial charge on any atom is 0.122 e. The van der Waals surface area contributed by atoms with E-state index in [0.29, 0.717) is 0 Å². The molecule has 0 aromatic heterocycles. The SMILES string of the molecule is CC(O)COc1ccc(C2(c3ccc(OCC(C)O)cc3)c3ccccc3-c3ccccc32)cc1.Cc1cc(C2(c3ccc(OCCO)c(C)c3)c3ccccc3-c3ccccc32)ccc1OCCO. The van der Waals surface area contributed by atoms with Gasteiger partial charge in [0, 0.05) is 0 Å². The lowest BCUT2D eigenvalue weighted by Gasteiger charge is -2.34. The van der Waals surface area contributed by atoms with Gasteiger partial charge in [0.15, 0.2) is 0 Å². The van der Waals surface area contributed by atoms with E-state index in [2.05, 4.69) is 146 Å². The number of benzene rings is 8. The van der Waals surface area contributed by atoms with Crippen molar-refractivity contribution in [1.82, 2.24) is 0 Å². The Morgan fingerprint density at radius 3 is 0.986 bits per heavy atom. The van der Waals surface area contributed by atoms with Crippen molar-refractivity contribution in [3.63, 3.8) is 0 Å². The van der Waals surface area contributed by atoms with Gasteiger partial charge < -0.3 is 39.4 Å². The van der Waals surface area contributed by atoms with Crippen LogP contribution in [0.25, 0.3) is 22.3 Å². The quantitative estimate of drug-likeness (QED) is 0.0757. The summed E-state index contributed by atoms with van der Waals surface area (Å²) in [4.78, 5) is 0. The molecule has 356 valence electrons. The molecule has 2 unspecified atom stereocenters. The minimum Gasteiger partial charge on any atom is -0.491 e. The Labute approximate surface area is 411 Å². The molecular formula is C62H60O8. The number of fused-ring (bicyclic) bond motifs is 6. The molecule has 8 aromatic carbocycles. The number of hydrogen-bond acceptors (Lipinski definition) is 8.